The first kappa shape index (κ1) is 23.2. The Morgan fingerprint density at radius 2 is 1.90 bits per heavy atom. The van der Waals surface area contributed by atoms with Gasteiger partial charge in [-0.15, -0.1) is 23.7 Å². The molecule has 0 radical (unpaired) electrons. The fourth-order valence-corrected chi connectivity index (χ4v) is 4.59. The molecular weight excluding hydrogens is 410 g/mol. The molecule has 2 heterocycles. The standard InChI is InChI=1S/C21H27N3O3S.ClH/c1-5-24-12-11-16-17(13-24)28-20(18(16)21(26)27-6-2)22-19(25)14-7-9-15(10-8-14)23(3)4;/h7-10H,5-6,11-13H2,1-4H3,(H,22,25);1H. The Bertz CT molecular complexity index is 865. The molecule has 0 saturated heterocycles. The molecule has 1 aliphatic heterocycles. The molecule has 1 aromatic carbocycles. The van der Waals surface area contributed by atoms with Crippen LogP contribution in [0, 0.1) is 0 Å². The predicted molar refractivity (Wildman–Crippen MR) is 121 cm³/mol. The minimum absolute atomic E-state index is 0. The van der Waals surface area contributed by atoms with Crippen LogP contribution in [0.5, 0.6) is 0 Å². The number of carbonyl (C=O) groups excluding carboxylic acids is 2. The van der Waals surface area contributed by atoms with Gasteiger partial charge in [-0.1, -0.05) is 6.92 Å². The fourth-order valence-electron chi connectivity index (χ4n) is 3.32. The number of carbonyl (C=O) groups is 2. The Labute approximate surface area is 182 Å². The minimum atomic E-state index is -0.358. The summed E-state index contributed by atoms with van der Waals surface area (Å²) in [5.41, 5.74) is 3.12. The van der Waals surface area contributed by atoms with Crippen LogP contribution in [-0.4, -0.2) is 50.6 Å². The van der Waals surface area contributed by atoms with Crippen molar-refractivity contribution in [3.8, 4) is 0 Å². The summed E-state index contributed by atoms with van der Waals surface area (Å²) < 4.78 is 5.27. The summed E-state index contributed by atoms with van der Waals surface area (Å²) in [6, 6.07) is 7.39. The number of ether oxygens (including phenoxy) is 1. The molecule has 6 nitrogen and oxygen atoms in total. The lowest BCUT2D eigenvalue weighted by molar-refractivity contribution is 0.0526. The van der Waals surface area contributed by atoms with Crippen molar-refractivity contribution in [2.45, 2.75) is 26.8 Å². The molecule has 0 saturated carbocycles. The Morgan fingerprint density at radius 3 is 2.48 bits per heavy atom. The maximum absolute atomic E-state index is 12.8. The number of nitrogens with one attached hydrogen (secondary N) is 1. The predicted octanol–water partition coefficient (Wildman–Crippen LogP) is 4.04. The number of esters is 1. The number of likely N-dealkylation sites (N-methyl/N-ethyl adjacent to an activating group) is 1. The number of halogens is 1. The van der Waals surface area contributed by atoms with E-state index >= 15 is 0 Å². The summed E-state index contributed by atoms with van der Waals surface area (Å²) >= 11 is 1.48. The van der Waals surface area contributed by atoms with Crippen LogP contribution in [0.1, 0.15) is 45.0 Å². The fraction of sp³-hybridized carbons (Fsp3) is 0.429. The zero-order valence-electron chi connectivity index (χ0n) is 17.3. The normalized spacial score (nSPS) is 13.2. The third kappa shape index (κ3) is 5.10. The van der Waals surface area contributed by atoms with Crippen LogP contribution in [0.15, 0.2) is 24.3 Å². The topological polar surface area (TPSA) is 61.9 Å². The van der Waals surface area contributed by atoms with Crippen LogP contribution in [0.4, 0.5) is 10.7 Å². The van der Waals surface area contributed by atoms with Gasteiger partial charge in [0.05, 0.1) is 12.2 Å². The lowest BCUT2D eigenvalue weighted by Gasteiger charge is -2.25. The quantitative estimate of drug-likeness (QED) is 0.691. The number of nitrogens with zero attached hydrogens (tertiary/aromatic N) is 2. The zero-order valence-corrected chi connectivity index (χ0v) is 18.9. The molecule has 1 amide bonds. The molecule has 0 atom stereocenters. The number of hydrogen-bond acceptors (Lipinski definition) is 6. The lowest BCUT2D eigenvalue weighted by atomic mass is 10.0. The van der Waals surface area contributed by atoms with E-state index in [-0.39, 0.29) is 24.3 Å². The lowest BCUT2D eigenvalue weighted by Crippen LogP contribution is -2.30. The number of benzene rings is 1. The van der Waals surface area contributed by atoms with Crippen LogP contribution < -0.4 is 10.2 Å². The van der Waals surface area contributed by atoms with Crippen molar-refractivity contribution in [3.63, 3.8) is 0 Å². The zero-order chi connectivity index (χ0) is 20.3. The van der Waals surface area contributed by atoms with Crippen molar-refractivity contribution >= 4 is 46.3 Å². The molecular formula is C21H28ClN3O3S. The SMILES string of the molecule is CCOC(=O)c1c(NC(=O)c2ccc(N(C)C)cc2)sc2c1CCN(CC)C2.Cl. The van der Waals surface area contributed by atoms with Gasteiger partial charge in [-0.2, -0.15) is 0 Å². The first-order valence-electron chi connectivity index (χ1n) is 9.57. The van der Waals surface area contributed by atoms with Crippen molar-refractivity contribution in [3.05, 3.63) is 45.8 Å². The maximum Gasteiger partial charge on any atom is 0.341 e. The number of hydrogen-bond donors (Lipinski definition) is 1. The highest BCUT2D eigenvalue weighted by Crippen LogP contribution is 2.38. The Balaban J connectivity index is 0.00000300. The van der Waals surface area contributed by atoms with Gasteiger partial charge in [0, 0.05) is 43.3 Å². The molecule has 29 heavy (non-hydrogen) atoms. The summed E-state index contributed by atoms with van der Waals surface area (Å²) in [6.07, 6.45) is 0.793. The van der Waals surface area contributed by atoms with E-state index in [1.54, 1.807) is 19.1 Å². The Morgan fingerprint density at radius 1 is 1.21 bits per heavy atom. The van der Waals surface area contributed by atoms with Crippen LogP contribution in [0.25, 0.3) is 0 Å². The van der Waals surface area contributed by atoms with Crippen LogP contribution >= 0.6 is 23.7 Å². The highest BCUT2D eigenvalue weighted by Gasteiger charge is 2.29. The van der Waals surface area contributed by atoms with Crippen molar-refractivity contribution in [1.29, 1.82) is 0 Å². The summed E-state index contributed by atoms with van der Waals surface area (Å²) in [7, 11) is 3.91. The summed E-state index contributed by atoms with van der Waals surface area (Å²) in [5, 5.41) is 3.54. The van der Waals surface area contributed by atoms with E-state index in [9.17, 15) is 9.59 Å². The second kappa shape index (κ2) is 10.1. The highest BCUT2D eigenvalue weighted by molar-refractivity contribution is 7.17. The van der Waals surface area contributed by atoms with Crippen molar-refractivity contribution < 1.29 is 14.3 Å². The van der Waals surface area contributed by atoms with E-state index in [1.807, 2.05) is 31.1 Å². The van der Waals surface area contributed by atoms with E-state index in [2.05, 4.69) is 17.1 Å². The van der Waals surface area contributed by atoms with E-state index in [0.29, 0.717) is 22.7 Å². The monoisotopic (exact) mass is 437 g/mol. The van der Waals surface area contributed by atoms with Crippen LogP contribution in [-0.2, 0) is 17.7 Å². The molecule has 1 N–H and O–H groups in total. The average molecular weight is 438 g/mol. The van der Waals surface area contributed by atoms with Gasteiger partial charge in [-0.3, -0.25) is 9.69 Å². The van der Waals surface area contributed by atoms with Gasteiger partial charge >= 0.3 is 5.97 Å². The number of amides is 1. The van der Waals surface area contributed by atoms with E-state index in [4.69, 9.17) is 4.74 Å². The van der Waals surface area contributed by atoms with Gasteiger partial charge in [0.2, 0.25) is 0 Å². The second-order valence-electron chi connectivity index (χ2n) is 6.94. The molecule has 1 aromatic heterocycles. The molecule has 2 aromatic rings. The third-order valence-electron chi connectivity index (χ3n) is 4.94. The largest absolute Gasteiger partial charge is 0.462 e. The number of thiophene rings is 1. The van der Waals surface area contributed by atoms with E-state index < -0.39 is 0 Å². The molecule has 8 heteroatoms. The van der Waals surface area contributed by atoms with Gasteiger partial charge < -0.3 is 15.0 Å². The number of rotatable bonds is 6. The molecule has 0 aliphatic carbocycles. The minimum Gasteiger partial charge on any atom is -0.462 e. The van der Waals surface area contributed by atoms with Gasteiger partial charge in [0.1, 0.15) is 5.00 Å². The molecule has 0 fully saturated rings. The van der Waals surface area contributed by atoms with Crippen LogP contribution in [0.2, 0.25) is 0 Å². The molecule has 1 aliphatic rings. The molecule has 158 valence electrons. The number of anilines is 2. The molecule has 0 spiro atoms. The maximum atomic E-state index is 12.8. The highest BCUT2D eigenvalue weighted by atomic mass is 35.5. The summed E-state index contributed by atoms with van der Waals surface area (Å²) in [4.78, 5) is 30.8. The van der Waals surface area contributed by atoms with Crippen molar-refractivity contribution in [2.75, 3.05) is 44.0 Å². The van der Waals surface area contributed by atoms with Gasteiger partial charge in [-0.25, -0.2) is 4.79 Å². The third-order valence-corrected chi connectivity index (χ3v) is 6.07. The van der Waals surface area contributed by atoms with Gasteiger partial charge in [0.25, 0.3) is 5.91 Å². The Hall–Kier alpha value is -2.09. The first-order valence-corrected chi connectivity index (χ1v) is 10.4. The van der Waals surface area contributed by atoms with Crippen molar-refractivity contribution in [1.82, 2.24) is 4.90 Å². The van der Waals surface area contributed by atoms with Gasteiger partial charge in [0.15, 0.2) is 0 Å². The van der Waals surface area contributed by atoms with E-state index in [1.165, 1.54) is 11.3 Å². The molecule has 3 rings (SSSR count). The summed E-state index contributed by atoms with van der Waals surface area (Å²) in [5.74, 6) is -0.579. The summed E-state index contributed by atoms with van der Waals surface area (Å²) in [6.45, 7) is 6.91. The second-order valence-corrected chi connectivity index (χ2v) is 8.05. The molecule has 0 unspecified atom stereocenters. The average Bonchev–Trinajstić information content (AvgIpc) is 3.04. The smallest absolute Gasteiger partial charge is 0.341 e. The number of fused-ring (bicyclic) bond motifs is 1. The molecule has 0 bridgehead atoms. The van der Waals surface area contributed by atoms with E-state index in [0.717, 1.165) is 42.2 Å². The van der Waals surface area contributed by atoms with Crippen molar-refractivity contribution in [2.24, 2.45) is 0 Å². The Kier molecular flexibility index (Phi) is 8.07. The van der Waals surface area contributed by atoms with Gasteiger partial charge in [-0.05, 0) is 49.7 Å². The van der Waals surface area contributed by atoms with Crippen LogP contribution in [0.3, 0.4) is 0 Å². The first-order chi connectivity index (χ1) is 13.4.